The number of nitrogens with zero attached hydrogens (tertiary/aromatic N) is 1. The van der Waals surface area contributed by atoms with Crippen molar-refractivity contribution >= 4 is 21.0 Å². The maximum Gasteiger partial charge on any atom is 0.294 e. The molecule has 0 saturated heterocycles. The largest absolute Gasteiger partial charge is 0.494 e. The van der Waals surface area contributed by atoms with Crippen LogP contribution in [-0.2, 0) is 16.5 Å². The number of hydrogen-bond donors (Lipinski definition) is 1. The molecule has 0 fully saturated rings. The van der Waals surface area contributed by atoms with Gasteiger partial charge in [-0.25, -0.2) is 0 Å². The van der Waals surface area contributed by atoms with Gasteiger partial charge in [-0.05, 0) is 30.7 Å². The van der Waals surface area contributed by atoms with Crippen LogP contribution >= 0.6 is 0 Å². The number of pyridine rings is 1. The van der Waals surface area contributed by atoms with Crippen LogP contribution in [-0.4, -0.2) is 37.8 Å². The first-order chi connectivity index (χ1) is 13.4. The van der Waals surface area contributed by atoms with Crippen LogP contribution < -0.4 is 14.2 Å². The summed E-state index contributed by atoms with van der Waals surface area (Å²) in [4.78, 5) is 4.24. The molecular weight excluding hydrogens is 382 g/mol. The number of rotatable bonds is 4. The van der Waals surface area contributed by atoms with Gasteiger partial charge in [0.25, 0.3) is 10.1 Å². The lowest BCUT2D eigenvalue weighted by molar-refractivity contribution is 0.0925. The van der Waals surface area contributed by atoms with Crippen LogP contribution in [0.1, 0.15) is 11.1 Å². The van der Waals surface area contributed by atoms with Crippen molar-refractivity contribution in [1.82, 2.24) is 4.98 Å². The molecule has 8 heteroatoms. The summed E-state index contributed by atoms with van der Waals surface area (Å²) in [6, 6.07) is 10.2. The van der Waals surface area contributed by atoms with Crippen molar-refractivity contribution in [3.63, 3.8) is 0 Å². The van der Waals surface area contributed by atoms with Gasteiger partial charge >= 0.3 is 0 Å². The van der Waals surface area contributed by atoms with E-state index < -0.39 is 16.2 Å². The molecule has 146 valence electrons. The van der Waals surface area contributed by atoms with E-state index in [0.29, 0.717) is 28.3 Å². The normalized spacial score (nSPS) is 16.2. The molecule has 0 saturated carbocycles. The average molecular weight is 401 g/mol. The third kappa shape index (κ3) is 3.36. The summed E-state index contributed by atoms with van der Waals surface area (Å²) in [5.41, 5.74) is 2.02. The van der Waals surface area contributed by atoms with Crippen LogP contribution in [0.5, 0.6) is 17.2 Å². The molecule has 7 nitrogen and oxygen atoms in total. The second-order valence-electron chi connectivity index (χ2n) is 6.65. The highest BCUT2D eigenvalue weighted by Crippen LogP contribution is 2.43. The van der Waals surface area contributed by atoms with Crippen LogP contribution in [0.15, 0.2) is 47.5 Å². The van der Waals surface area contributed by atoms with Gasteiger partial charge in [0.1, 0.15) is 24.0 Å². The molecule has 0 amide bonds. The van der Waals surface area contributed by atoms with Crippen LogP contribution in [0.2, 0.25) is 0 Å². The lowest BCUT2D eigenvalue weighted by Crippen LogP contribution is -2.31. The van der Waals surface area contributed by atoms with Crippen molar-refractivity contribution in [1.29, 1.82) is 0 Å². The van der Waals surface area contributed by atoms with Gasteiger partial charge in [0.05, 0.1) is 12.0 Å². The summed E-state index contributed by atoms with van der Waals surface area (Å²) >= 11 is 0. The molecule has 28 heavy (non-hydrogen) atoms. The molecular formula is C20H19NO6S. The van der Waals surface area contributed by atoms with E-state index in [2.05, 4.69) is 4.98 Å². The summed E-state index contributed by atoms with van der Waals surface area (Å²) < 4.78 is 50.4. The van der Waals surface area contributed by atoms with Crippen molar-refractivity contribution in [2.45, 2.75) is 24.3 Å². The molecule has 0 spiro atoms. The highest BCUT2D eigenvalue weighted by atomic mass is 32.2. The second kappa shape index (κ2) is 6.96. The second-order valence-corrected chi connectivity index (χ2v) is 8.04. The van der Waals surface area contributed by atoms with Crippen LogP contribution in [0.25, 0.3) is 10.9 Å². The number of methoxy groups -OCH3 is 1. The van der Waals surface area contributed by atoms with Gasteiger partial charge in [0, 0.05) is 24.1 Å². The lowest BCUT2D eigenvalue weighted by atomic mass is 10.0. The topological polar surface area (TPSA) is 95.0 Å². The third-order valence-corrected chi connectivity index (χ3v) is 5.60. The Bertz CT molecular complexity index is 1160. The zero-order chi connectivity index (χ0) is 19.9. The Kier molecular flexibility index (Phi) is 4.60. The van der Waals surface area contributed by atoms with E-state index in [1.54, 1.807) is 37.6 Å². The third-order valence-electron chi connectivity index (χ3n) is 4.64. The van der Waals surface area contributed by atoms with E-state index in [1.165, 1.54) is 6.07 Å². The standard InChI is InChI=1S/C20H19NO6S/c1-12-5-6-18(28(22,23)24)13(8-12)9-14-11-26-17-10-16(25-2)19-15(20(17)27-14)4-3-7-21-19/h3-8,10,14H,9,11H2,1-2H3,(H,22,23,24). The van der Waals surface area contributed by atoms with Crippen LogP contribution in [0, 0.1) is 6.92 Å². The molecule has 1 aromatic heterocycles. The Morgan fingerprint density at radius 2 is 2.11 bits per heavy atom. The van der Waals surface area contributed by atoms with Crippen LogP contribution in [0.3, 0.4) is 0 Å². The van der Waals surface area contributed by atoms with Gasteiger partial charge in [-0.3, -0.25) is 9.54 Å². The molecule has 3 aromatic rings. The minimum absolute atomic E-state index is 0.117. The van der Waals surface area contributed by atoms with Crippen molar-refractivity contribution in [2.75, 3.05) is 13.7 Å². The molecule has 0 radical (unpaired) electrons. The predicted octanol–water partition coefficient (Wildman–Crippen LogP) is 3.18. The molecule has 2 aromatic carbocycles. The van der Waals surface area contributed by atoms with Crippen molar-refractivity contribution in [3.05, 3.63) is 53.7 Å². The molecule has 0 bridgehead atoms. The first-order valence-electron chi connectivity index (χ1n) is 8.69. The van der Waals surface area contributed by atoms with E-state index in [1.807, 2.05) is 13.0 Å². The van der Waals surface area contributed by atoms with Gasteiger partial charge in [-0.1, -0.05) is 17.7 Å². The highest BCUT2D eigenvalue weighted by Gasteiger charge is 2.27. The minimum Gasteiger partial charge on any atom is -0.494 e. The molecule has 1 aliphatic heterocycles. The molecule has 1 N–H and O–H groups in total. The van der Waals surface area contributed by atoms with Crippen molar-refractivity contribution in [3.8, 4) is 17.2 Å². The number of fused-ring (bicyclic) bond motifs is 3. The summed E-state index contributed by atoms with van der Waals surface area (Å²) in [5, 5.41) is 0.751. The van der Waals surface area contributed by atoms with Gasteiger partial charge < -0.3 is 14.2 Å². The average Bonchev–Trinajstić information content (AvgIpc) is 2.66. The fraction of sp³-hybridized carbons (Fsp3) is 0.250. The molecule has 0 aliphatic carbocycles. The number of ether oxygens (including phenoxy) is 3. The summed E-state index contributed by atoms with van der Waals surface area (Å²) in [6.45, 7) is 2.09. The molecule has 1 unspecified atom stereocenters. The first-order valence-corrected chi connectivity index (χ1v) is 10.1. The number of aromatic nitrogens is 1. The molecule has 1 aliphatic rings. The number of aryl methyl sites for hydroxylation is 1. The van der Waals surface area contributed by atoms with Gasteiger partial charge in [-0.2, -0.15) is 8.42 Å². The van der Waals surface area contributed by atoms with E-state index >= 15 is 0 Å². The van der Waals surface area contributed by atoms with Crippen LogP contribution in [0.4, 0.5) is 0 Å². The highest BCUT2D eigenvalue weighted by molar-refractivity contribution is 7.85. The Hall–Kier alpha value is -2.84. The predicted molar refractivity (Wildman–Crippen MR) is 103 cm³/mol. The van der Waals surface area contributed by atoms with E-state index in [-0.39, 0.29) is 17.9 Å². The van der Waals surface area contributed by atoms with Crippen molar-refractivity contribution < 1.29 is 27.2 Å². The number of benzene rings is 2. The fourth-order valence-corrected chi connectivity index (χ4v) is 4.12. The quantitative estimate of drug-likeness (QED) is 0.671. The minimum atomic E-state index is -4.33. The zero-order valence-electron chi connectivity index (χ0n) is 15.4. The Labute approximate surface area is 162 Å². The lowest BCUT2D eigenvalue weighted by Gasteiger charge is -2.28. The van der Waals surface area contributed by atoms with Gasteiger partial charge in [-0.15, -0.1) is 0 Å². The van der Waals surface area contributed by atoms with E-state index in [9.17, 15) is 13.0 Å². The zero-order valence-corrected chi connectivity index (χ0v) is 16.2. The molecule has 4 rings (SSSR count). The Balaban J connectivity index is 1.71. The molecule has 1 atom stereocenters. The Morgan fingerprint density at radius 1 is 1.29 bits per heavy atom. The SMILES string of the molecule is COc1cc2c(c3cccnc13)OC(Cc1cc(C)ccc1S(=O)(=O)O)CO2. The van der Waals surface area contributed by atoms with Gasteiger partial charge in [0.15, 0.2) is 11.5 Å². The summed E-state index contributed by atoms with van der Waals surface area (Å²) in [6.07, 6.45) is 1.51. The maximum atomic E-state index is 11.7. The van der Waals surface area contributed by atoms with E-state index in [4.69, 9.17) is 14.2 Å². The van der Waals surface area contributed by atoms with Gasteiger partial charge in [0.2, 0.25) is 0 Å². The van der Waals surface area contributed by atoms with E-state index in [0.717, 1.165) is 10.9 Å². The number of hydrogen-bond acceptors (Lipinski definition) is 6. The Morgan fingerprint density at radius 3 is 2.86 bits per heavy atom. The molecule has 2 heterocycles. The van der Waals surface area contributed by atoms with Crippen molar-refractivity contribution in [2.24, 2.45) is 0 Å². The maximum absolute atomic E-state index is 11.7. The first kappa shape index (κ1) is 18.5. The smallest absolute Gasteiger partial charge is 0.294 e. The fourth-order valence-electron chi connectivity index (χ4n) is 3.40. The summed E-state index contributed by atoms with van der Waals surface area (Å²) in [7, 11) is -2.76. The summed E-state index contributed by atoms with van der Waals surface area (Å²) in [5.74, 6) is 1.68. The monoisotopic (exact) mass is 401 g/mol.